The summed E-state index contributed by atoms with van der Waals surface area (Å²) in [6.45, 7) is 5.07. The smallest absolute Gasteiger partial charge is 0.341 e. The minimum Gasteiger partial charge on any atom is -0.491 e. The second-order valence-electron chi connectivity index (χ2n) is 6.36. The van der Waals surface area contributed by atoms with Gasteiger partial charge in [0.2, 0.25) is 0 Å². The molecule has 2 amide bonds. The maximum absolute atomic E-state index is 12.1. The summed E-state index contributed by atoms with van der Waals surface area (Å²) < 4.78 is 11.6. The van der Waals surface area contributed by atoms with Crippen LogP contribution in [0.1, 0.15) is 36.8 Å². The number of carbonyl (C=O) groups excluding carboxylic acids is 1. The Balaban J connectivity index is 1.56. The predicted octanol–water partition coefficient (Wildman–Crippen LogP) is 2.79. The zero-order chi connectivity index (χ0) is 16.8. The van der Waals surface area contributed by atoms with Crippen molar-refractivity contribution in [3.8, 4) is 5.75 Å². The number of nitrogens with one attached hydrogen (secondary N) is 1. The highest BCUT2D eigenvalue weighted by Gasteiger charge is 2.19. The van der Waals surface area contributed by atoms with Crippen LogP contribution in [0.15, 0.2) is 18.2 Å². The van der Waals surface area contributed by atoms with Crippen molar-refractivity contribution < 1.29 is 19.1 Å². The van der Waals surface area contributed by atoms with Crippen molar-refractivity contribution in [2.45, 2.75) is 45.3 Å². The molecule has 6 nitrogen and oxygen atoms in total. The lowest BCUT2D eigenvalue weighted by molar-refractivity contribution is -0.139. The molecule has 24 heavy (non-hydrogen) atoms. The normalized spacial score (nSPS) is 20.9. The number of rotatable bonds is 5. The summed E-state index contributed by atoms with van der Waals surface area (Å²) in [5.41, 5.74) is 2.09. The van der Waals surface area contributed by atoms with E-state index in [-0.39, 0.29) is 12.1 Å². The molecule has 132 valence electrons. The fourth-order valence-electron chi connectivity index (χ4n) is 2.92. The third kappa shape index (κ3) is 4.61. The molecule has 0 saturated carbocycles. The standard InChI is InChI=1S/C18H26N2O4/c1-14-6-7-15(12-19-18(21)20-8-2-3-10-24-20)17(11-14)23-13-16-5-4-9-22-16/h6-7,11,16H,2-5,8-10,12-13H2,1H3,(H,19,21)/t16-/m0/s1. The number of hydroxylamine groups is 2. The zero-order valence-electron chi connectivity index (χ0n) is 14.3. The summed E-state index contributed by atoms with van der Waals surface area (Å²) in [5.74, 6) is 0.811. The molecule has 0 bridgehead atoms. The van der Waals surface area contributed by atoms with Gasteiger partial charge in [0.1, 0.15) is 12.4 Å². The van der Waals surface area contributed by atoms with Gasteiger partial charge in [0.25, 0.3) is 0 Å². The van der Waals surface area contributed by atoms with Gasteiger partial charge in [-0.3, -0.25) is 4.84 Å². The van der Waals surface area contributed by atoms with Crippen LogP contribution in [-0.2, 0) is 16.1 Å². The number of amides is 2. The zero-order valence-corrected chi connectivity index (χ0v) is 14.3. The summed E-state index contributed by atoms with van der Waals surface area (Å²) in [5, 5.41) is 4.31. The summed E-state index contributed by atoms with van der Waals surface area (Å²) in [6.07, 6.45) is 4.30. The van der Waals surface area contributed by atoms with Crippen molar-refractivity contribution in [2.75, 3.05) is 26.4 Å². The minimum atomic E-state index is -0.194. The Labute approximate surface area is 143 Å². The molecule has 0 aliphatic carbocycles. The van der Waals surface area contributed by atoms with Crippen LogP contribution >= 0.6 is 0 Å². The summed E-state index contributed by atoms with van der Waals surface area (Å²) in [4.78, 5) is 17.5. The third-order valence-corrected chi connectivity index (χ3v) is 4.33. The minimum absolute atomic E-state index is 0.176. The summed E-state index contributed by atoms with van der Waals surface area (Å²) in [6, 6.07) is 5.84. The number of benzene rings is 1. The Kier molecular flexibility index (Phi) is 5.93. The number of nitrogens with zero attached hydrogens (tertiary/aromatic N) is 1. The summed E-state index contributed by atoms with van der Waals surface area (Å²) >= 11 is 0. The van der Waals surface area contributed by atoms with Crippen LogP contribution < -0.4 is 10.1 Å². The molecule has 0 radical (unpaired) electrons. The SMILES string of the molecule is Cc1ccc(CNC(=O)N2CCCCO2)c(OC[C@@H]2CCCO2)c1. The highest BCUT2D eigenvalue weighted by Crippen LogP contribution is 2.22. The molecule has 1 N–H and O–H groups in total. The Morgan fingerprint density at radius 1 is 1.33 bits per heavy atom. The van der Waals surface area contributed by atoms with Gasteiger partial charge in [0.15, 0.2) is 0 Å². The molecular weight excluding hydrogens is 308 g/mol. The molecule has 0 unspecified atom stereocenters. The topological polar surface area (TPSA) is 60.0 Å². The van der Waals surface area contributed by atoms with Crippen LogP contribution in [0.3, 0.4) is 0 Å². The van der Waals surface area contributed by atoms with E-state index in [1.54, 1.807) is 0 Å². The van der Waals surface area contributed by atoms with Gasteiger partial charge in [0, 0.05) is 18.7 Å². The van der Waals surface area contributed by atoms with Crippen molar-refractivity contribution in [1.82, 2.24) is 10.4 Å². The first-order chi connectivity index (χ1) is 11.7. The average Bonchev–Trinajstić information content (AvgIpc) is 3.13. The summed E-state index contributed by atoms with van der Waals surface area (Å²) in [7, 11) is 0. The van der Waals surface area contributed by atoms with E-state index in [0.29, 0.717) is 26.3 Å². The van der Waals surface area contributed by atoms with Gasteiger partial charge in [-0.05, 0) is 44.2 Å². The van der Waals surface area contributed by atoms with E-state index in [1.165, 1.54) is 5.06 Å². The molecule has 2 heterocycles. The van der Waals surface area contributed by atoms with Gasteiger partial charge >= 0.3 is 6.03 Å². The van der Waals surface area contributed by atoms with Crippen molar-refractivity contribution in [1.29, 1.82) is 0 Å². The Bertz CT molecular complexity index is 552. The lowest BCUT2D eigenvalue weighted by atomic mass is 10.1. The molecule has 2 aliphatic rings. The molecule has 0 aromatic heterocycles. The van der Waals surface area contributed by atoms with Crippen molar-refractivity contribution >= 4 is 6.03 Å². The maximum atomic E-state index is 12.1. The first kappa shape index (κ1) is 17.0. The van der Waals surface area contributed by atoms with Gasteiger partial charge in [-0.2, -0.15) is 0 Å². The van der Waals surface area contributed by atoms with Crippen LogP contribution in [0.25, 0.3) is 0 Å². The van der Waals surface area contributed by atoms with Crippen LogP contribution in [-0.4, -0.2) is 43.6 Å². The van der Waals surface area contributed by atoms with Crippen LogP contribution in [0.4, 0.5) is 4.79 Å². The second kappa shape index (κ2) is 8.35. The van der Waals surface area contributed by atoms with E-state index in [9.17, 15) is 4.79 Å². The molecule has 2 saturated heterocycles. The number of hydrogen-bond acceptors (Lipinski definition) is 4. The van der Waals surface area contributed by atoms with E-state index in [1.807, 2.05) is 25.1 Å². The first-order valence-corrected chi connectivity index (χ1v) is 8.74. The number of ether oxygens (including phenoxy) is 2. The number of urea groups is 1. The average molecular weight is 334 g/mol. The first-order valence-electron chi connectivity index (χ1n) is 8.74. The van der Waals surface area contributed by atoms with Gasteiger partial charge in [-0.15, -0.1) is 0 Å². The Morgan fingerprint density at radius 3 is 3.00 bits per heavy atom. The van der Waals surface area contributed by atoms with Gasteiger partial charge in [-0.1, -0.05) is 12.1 Å². The highest BCUT2D eigenvalue weighted by atomic mass is 16.7. The number of aryl methyl sites for hydroxylation is 1. The van der Waals surface area contributed by atoms with Gasteiger partial charge < -0.3 is 14.8 Å². The van der Waals surface area contributed by atoms with Gasteiger partial charge in [0.05, 0.1) is 19.3 Å². The number of hydrogen-bond donors (Lipinski definition) is 1. The largest absolute Gasteiger partial charge is 0.491 e. The van der Waals surface area contributed by atoms with E-state index in [2.05, 4.69) is 5.32 Å². The molecule has 1 aromatic rings. The molecule has 2 fully saturated rings. The van der Waals surface area contributed by atoms with Crippen molar-refractivity contribution in [3.63, 3.8) is 0 Å². The number of carbonyl (C=O) groups is 1. The monoisotopic (exact) mass is 334 g/mol. The molecule has 1 aromatic carbocycles. The maximum Gasteiger partial charge on any atom is 0.341 e. The Hall–Kier alpha value is -1.79. The fourth-order valence-corrected chi connectivity index (χ4v) is 2.92. The van der Waals surface area contributed by atoms with E-state index in [4.69, 9.17) is 14.3 Å². The van der Waals surface area contributed by atoms with Crippen molar-refractivity contribution in [2.24, 2.45) is 0 Å². The lowest BCUT2D eigenvalue weighted by Gasteiger charge is -2.26. The van der Waals surface area contributed by atoms with Crippen LogP contribution in [0, 0.1) is 6.92 Å². The second-order valence-corrected chi connectivity index (χ2v) is 6.36. The molecule has 3 rings (SSSR count). The molecule has 6 heteroatoms. The van der Waals surface area contributed by atoms with Crippen molar-refractivity contribution in [3.05, 3.63) is 29.3 Å². The van der Waals surface area contributed by atoms with Gasteiger partial charge in [-0.25, -0.2) is 9.86 Å². The molecule has 1 atom stereocenters. The van der Waals surface area contributed by atoms with E-state index < -0.39 is 0 Å². The van der Waals surface area contributed by atoms with Crippen LogP contribution in [0.5, 0.6) is 5.75 Å². The Morgan fingerprint density at radius 2 is 2.25 bits per heavy atom. The quantitative estimate of drug-likeness (QED) is 0.899. The predicted molar refractivity (Wildman–Crippen MR) is 89.8 cm³/mol. The lowest BCUT2D eigenvalue weighted by Crippen LogP contribution is -2.42. The molecular formula is C18H26N2O4. The van der Waals surface area contributed by atoms with E-state index >= 15 is 0 Å². The highest BCUT2D eigenvalue weighted by molar-refractivity contribution is 5.73. The molecule has 2 aliphatic heterocycles. The van der Waals surface area contributed by atoms with Crippen LogP contribution in [0.2, 0.25) is 0 Å². The molecule has 0 spiro atoms. The fraction of sp³-hybridized carbons (Fsp3) is 0.611. The van der Waals surface area contributed by atoms with E-state index in [0.717, 1.165) is 49.2 Å². The third-order valence-electron chi connectivity index (χ3n) is 4.33.